The number of benzene rings is 2. The largest absolute Gasteiger partial charge is 0.382 e. The summed E-state index contributed by atoms with van der Waals surface area (Å²) in [6, 6.07) is 18.7. The summed E-state index contributed by atoms with van der Waals surface area (Å²) in [5.41, 5.74) is 3.36. The molecule has 1 aliphatic rings. The Morgan fingerprint density at radius 2 is 1.62 bits per heavy atom. The van der Waals surface area contributed by atoms with Crippen molar-refractivity contribution in [3.8, 4) is 0 Å². The van der Waals surface area contributed by atoms with Crippen LogP contribution in [0.25, 0.3) is 0 Å². The van der Waals surface area contributed by atoms with Crippen LogP contribution in [0.15, 0.2) is 73.1 Å². The molecule has 2 aromatic carbocycles. The second-order valence-corrected chi connectivity index (χ2v) is 8.10. The third-order valence-electron chi connectivity index (χ3n) is 5.73. The third kappa shape index (κ3) is 5.72. The lowest BCUT2D eigenvalue weighted by molar-refractivity contribution is 0.0951. The van der Waals surface area contributed by atoms with Crippen molar-refractivity contribution >= 4 is 23.2 Å². The molecule has 164 valence electrons. The van der Waals surface area contributed by atoms with Gasteiger partial charge in [0.15, 0.2) is 0 Å². The SMILES string of the molecule is O=C(NCc1ccncc1)c1ccc(NC2CCCCC2)c(C(=O)Nc2ccccc2)c1. The van der Waals surface area contributed by atoms with E-state index in [4.69, 9.17) is 0 Å². The van der Waals surface area contributed by atoms with Crippen molar-refractivity contribution in [3.63, 3.8) is 0 Å². The van der Waals surface area contributed by atoms with E-state index in [1.54, 1.807) is 24.5 Å². The normalized spacial score (nSPS) is 13.9. The Morgan fingerprint density at radius 3 is 2.38 bits per heavy atom. The molecule has 0 atom stereocenters. The highest BCUT2D eigenvalue weighted by Gasteiger charge is 2.19. The monoisotopic (exact) mass is 428 g/mol. The van der Waals surface area contributed by atoms with E-state index >= 15 is 0 Å². The van der Waals surface area contributed by atoms with Crippen LogP contribution >= 0.6 is 0 Å². The smallest absolute Gasteiger partial charge is 0.257 e. The van der Waals surface area contributed by atoms with Crippen LogP contribution in [0.1, 0.15) is 58.4 Å². The quantitative estimate of drug-likeness (QED) is 0.494. The van der Waals surface area contributed by atoms with Crippen LogP contribution in [-0.4, -0.2) is 22.8 Å². The van der Waals surface area contributed by atoms with Gasteiger partial charge in [-0.1, -0.05) is 37.5 Å². The van der Waals surface area contributed by atoms with Gasteiger partial charge in [0.05, 0.1) is 5.56 Å². The van der Waals surface area contributed by atoms with Gasteiger partial charge in [-0.15, -0.1) is 0 Å². The molecule has 3 N–H and O–H groups in total. The molecule has 6 heteroatoms. The number of nitrogens with one attached hydrogen (secondary N) is 3. The molecule has 0 radical (unpaired) electrons. The number of para-hydroxylation sites is 1. The van der Waals surface area contributed by atoms with Crippen LogP contribution in [-0.2, 0) is 6.54 Å². The standard InChI is InChI=1S/C26H28N4O2/c31-25(28-18-19-13-15-27-16-14-19)20-11-12-24(29-21-7-3-1-4-8-21)23(17-20)26(32)30-22-9-5-2-6-10-22/h2,5-6,9-17,21,29H,1,3-4,7-8,18H2,(H,28,31)(H,30,32). The second-order valence-electron chi connectivity index (χ2n) is 8.10. The Bertz CT molecular complexity index is 1050. The number of amides is 2. The number of carbonyl (C=O) groups excluding carboxylic acids is 2. The van der Waals surface area contributed by atoms with Crippen molar-refractivity contribution in [2.45, 2.75) is 44.7 Å². The van der Waals surface area contributed by atoms with Gasteiger partial charge in [-0.2, -0.15) is 0 Å². The van der Waals surface area contributed by atoms with E-state index in [-0.39, 0.29) is 11.8 Å². The minimum Gasteiger partial charge on any atom is -0.382 e. The number of rotatable bonds is 7. The molecule has 4 rings (SSSR count). The van der Waals surface area contributed by atoms with E-state index in [9.17, 15) is 9.59 Å². The lowest BCUT2D eigenvalue weighted by Crippen LogP contribution is -2.26. The molecule has 0 unspecified atom stereocenters. The van der Waals surface area contributed by atoms with Crippen LogP contribution in [0, 0.1) is 0 Å². The first-order valence-electron chi connectivity index (χ1n) is 11.1. The van der Waals surface area contributed by atoms with E-state index in [2.05, 4.69) is 20.9 Å². The molecule has 3 aromatic rings. The molecule has 1 saturated carbocycles. The van der Waals surface area contributed by atoms with Crippen LogP contribution in [0.2, 0.25) is 0 Å². The lowest BCUT2D eigenvalue weighted by Gasteiger charge is -2.25. The Labute approximate surface area is 188 Å². The minimum absolute atomic E-state index is 0.222. The first-order valence-corrected chi connectivity index (χ1v) is 11.1. The maximum atomic E-state index is 13.1. The molecule has 0 aliphatic heterocycles. The van der Waals surface area contributed by atoms with Crippen molar-refractivity contribution < 1.29 is 9.59 Å². The fraction of sp³-hybridized carbons (Fsp3) is 0.269. The molecule has 0 spiro atoms. The maximum Gasteiger partial charge on any atom is 0.257 e. The van der Waals surface area contributed by atoms with Crippen LogP contribution in [0.3, 0.4) is 0 Å². The summed E-state index contributed by atoms with van der Waals surface area (Å²) >= 11 is 0. The number of carbonyl (C=O) groups is 2. The minimum atomic E-state index is -0.238. The van der Waals surface area contributed by atoms with Gasteiger partial charge in [0, 0.05) is 41.9 Å². The van der Waals surface area contributed by atoms with E-state index in [1.807, 2.05) is 48.5 Å². The zero-order valence-corrected chi connectivity index (χ0v) is 18.0. The summed E-state index contributed by atoms with van der Waals surface area (Å²) in [6.45, 7) is 0.398. The topological polar surface area (TPSA) is 83.1 Å². The zero-order chi connectivity index (χ0) is 22.2. The van der Waals surface area contributed by atoms with E-state index in [0.29, 0.717) is 29.4 Å². The average Bonchev–Trinajstić information content (AvgIpc) is 2.84. The second kappa shape index (κ2) is 10.6. The Morgan fingerprint density at radius 1 is 0.875 bits per heavy atom. The maximum absolute atomic E-state index is 13.1. The lowest BCUT2D eigenvalue weighted by atomic mass is 9.94. The fourth-order valence-electron chi connectivity index (χ4n) is 3.97. The molecule has 0 bridgehead atoms. The summed E-state index contributed by atoms with van der Waals surface area (Å²) in [5, 5.41) is 9.40. The predicted octanol–water partition coefficient (Wildman–Crippen LogP) is 5.01. The number of anilines is 2. The molecule has 0 saturated heterocycles. The summed E-state index contributed by atoms with van der Waals surface area (Å²) in [4.78, 5) is 29.9. The van der Waals surface area contributed by atoms with Crippen molar-refractivity contribution in [1.29, 1.82) is 0 Å². The summed E-state index contributed by atoms with van der Waals surface area (Å²) in [5.74, 6) is -0.460. The van der Waals surface area contributed by atoms with Crippen molar-refractivity contribution in [2.75, 3.05) is 10.6 Å². The van der Waals surface area contributed by atoms with Crippen LogP contribution < -0.4 is 16.0 Å². The van der Waals surface area contributed by atoms with Gasteiger partial charge in [0.25, 0.3) is 11.8 Å². The highest BCUT2D eigenvalue weighted by atomic mass is 16.2. The number of hydrogen-bond donors (Lipinski definition) is 3. The fourth-order valence-corrected chi connectivity index (χ4v) is 3.97. The number of pyridine rings is 1. The Kier molecular flexibility index (Phi) is 7.12. The molecule has 1 fully saturated rings. The average molecular weight is 429 g/mol. The third-order valence-corrected chi connectivity index (χ3v) is 5.73. The van der Waals surface area contributed by atoms with Gasteiger partial charge in [0.1, 0.15) is 0 Å². The molecular formula is C26H28N4O2. The molecule has 2 amide bonds. The Balaban J connectivity index is 1.54. The number of nitrogens with zero attached hydrogens (tertiary/aromatic N) is 1. The zero-order valence-electron chi connectivity index (χ0n) is 18.0. The van der Waals surface area contributed by atoms with Gasteiger partial charge >= 0.3 is 0 Å². The van der Waals surface area contributed by atoms with Crippen molar-refractivity contribution in [1.82, 2.24) is 10.3 Å². The predicted molar refractivity (Wildman–Crippen MR) is 127 cm³/mol. The highest BCUT2D eigenvalue weighted by Crippen LogP contribution is 2.25. The van der Waals surface area contributed by atoms with Gasteiger partial charge in [-0.05, 0) is 60.9 Å². The van der Waals surface area contributed by atoms with E-state index in [1.165, 1.54) is 19.3 Å². The summed E-state index contributed by atoms with van der Waals surface area (Å²) in [6.07, 6.45) is 9.22. The van der Waals surface area contributed by atoms with Crippen molar-refractivity contribution in [3.05, 3.63) is 89.7 Å². The van der Waals surface area contributed by atoms with E-state index in [0.717, 1.165) is 24.1 Å². The van der Waals surface area contributed by atoms with Gasteiger partial charge in [-0.3, -0.25) is 14.6 Å². The van der Waals surface area contributed by atoms with Crippen LogP contribution in [0.4, 0.5) is 11.4 Å². The molecule has 32 heavy (non-hydrogen) atoms. The highest BCUT2D eigenvalue weighted by molar-refractivity contribution is 6.09. The molecule has 1 aromatic heterocycles. The molecule has 6 nitrogen and oxygen atoms in total. The van der Waals surface area contributed by atoms with Gasteiger partial charge in [0.2, 0.25) is 0 Å². The van der Waals surface area contributed by atoms with Crippen molar-refractivity contribution in [2.24, 2.45) is 0 Å². The molecule has 1 heterocycles. The first-order chi connectivity index (χ1) is 15.7. The van der Waals surface area contributed by atoms with Crippen LogP contribution in [0.5, 0.6) is 0 Å². The summed E-state index contributed by atoms with van der Waals surface area (Å²) in [7, 11) is 0. The number of hydrogen-bond acceptors (Lipinski definition) is 4. The first kappa shape index (κ1) is 21.6. The van der Waals surface area contributed by atoms with Gasteiger partial charge in [-0.25, -0.2) is 0 Å². The Hall–Kier alpha value is -3.67. The van der Waals surface area contributed by atoms with E-state index < -0.39 is 0 Å². The van der Waals surface area contributed by atoms with Gasteiger partial charge < -0.3 is 16.0 Å². The summed E-state index contributed by atoms with van der Waals surface area (Å²) < 4.78 is 0. The molecule has 1 aliphatic carbocycles. The number of aromatic nitrogens is 1. The molecular weight excluding hydrogens is 400 g/mol.